The molecular formula is C8H14Cl2O2. The molecule has 0 amide bonds. The topological polar surface area (TPSA) is 18.5 Å². The third-order valence-electron chi connectivity index (χ3n) is 1.90. The van der Waals surface area contributed by atoms with Gasteiger partial charge in [-0.15, -0.1) is 23.2 Å². The van der Waals surface area contributed by atoms with Gasteiger partial charge in [0.1, 0.15) is 0 Å². The lowest BCUT2D eigenvalue weighted by atomic mass is 10.1. The summed E-state index contributed by atoms with van der Waals surface area (Å²) >= 11 is 11.5. The van der Waals surface area contributed by atoms with E-state index in [4.69, 9.17) is 32.7 Å². The third-order valence-corrected chi connectivity index (χ3v) is 2.72. The van der Waals surface area contributed by atoms with Gasteiger partial charge in [0, 0.05) is 0 Å². The molecule has 4 heteroatoms. The van der Waals surface area contributed by atoms with Gasteiger partial charge in [-0.05, 0) is 20.3 Å². The lowest BCUT2D eigenvalue weighted by Crippen LogP contribution is -2.49. The van der Waals surface area contributed by atoms with Crippen LogP contribution in [0.25, 0.3) is 0 Å². The standard InChI is InChI=1S/C8H14Cl2O2/c1-6-3-7(2)12-8(4-9,5-10)11-6/h6-7H,3-5H2,1-2H3/t6-,7-/m1/s1. The molecule has 12 heavy (non-hydrogen) atoms. The van der Waals surface area contributed by atoms with Gasteiger partial charge in [0.2, 0.25) is 0 Å². The Bertz CT molecular complexity index is 136. The van der Waals surface area contributed by atoms with E-state index in [0.717, 1.165) is 6.42 Å². The third kappa shape index (κ3) is 2.25. The van der Waals surface area contributed by atoms with Crippen LogP contribution in [0.5, 0.6) is 0 Å². The predicted octanol–water partition coefficient (Wildman–Crippen LogP) is 2.37. The van der Waals surface area contributed by atoms with Gasteiger partial charge in [-0.3, -0.25) is 0 Å². The van der Waals surface area contributed by atoms with Crippen molar-refractivity contribution < 1.29 is 9.47 Å². The van der Waals surface area contributed by atoms with Crippen molar-refractivity contribution in [3.05, 3.63) is 0 Å². The summed E-state index contributed by atoms with van der Waals surface area (Å²) in [6.07, 6.45) is 1.24. The average Bonchev–Trinajstić information content (AvgIpc) is 2.02. The van der Waals surface area contributed by atoms with Crippen LogP contribution in [0.15, 0.2) is 0 Å². The fraction of sp³-hybridized carbons (Fsp3) is 1.00. The van der Waals surface area contributed by atoms with Gasteiger partial charge in [-0.25, -0.2) is 0 Å². The Kier molecular flexibility index (Phi) is 3.65. The van der Waals surface area contributed by atoms with Gasteiger partial charge in [0.25, 0.3) is 0 Å². The maximum atomic E-state index is 5.73. The van der Waals surface area contributed by atoms with Crippen LogP contribution < -0.4 is 0 Å². The minimum Gasteiger partial charge on any atom is -0.344 e. The zero-order valence-electron chi connectivity index (χ0n) is 7.35. The van der Waals surface area contributed by atoms with Crippen molar-refractivity contribution in [3.8, 4) is 0 Å². The molecule has 0 aromatic heterocycles. The summed E-state index contributed by atoms with van der Waals surface area (Å²) < 4.78 is 11.1. The monoisotopic (exact) mass is 212 g/mol. The Hall–Kier alpha value is 0.500. The summed E-state index contributed by atoms with van der Waals surface area (Å²) in [5.74, 6) is -0.198. The number of alkyl halides is 2. The number of hydrogen-bond acceptors (Lipinski definition) is 2. The van der Waals surface area contributed by atoms with E-state index in [1.54, 1.807) is 0 Å². The Labute approximate surface area is 83.1 Å². The van der Waals surface area contributed by atoms with E-state index in [0.29, 0.717) is 0 Å². The summed E-state index contributed by atoms with van der Waals surface area (Å²) in [5, 5.41) is 0. The van der Waals surface area contributed by atoms with Crippen molar-refractivity contribution in [3.63, 3.8) is 0 Å². The molecule has 0 saturated carbocycles. The van der Waals surface area contributed by atoms with Crippen LogP contribution in [0.1, 0.15) is 20.3 Å². The maximum Gasteiger partial charge on any atom is 0.196 e. The SMILES string of the molecule is C[C@@H]1C[C@@H](C)OC(CCl)(CCl)O1. The lowest BCUT2D eigenvalue weighted by Gasteiger charge is -2.40. The zero-order chi connectivity index (χ0) is 9.19. The van der Waals surface area contributed by atoms with Gasteiger partial charge in [-0.2, -0.15) is 0 Å². The van der Waals surface area contributed by atoms with E-state index in [1.807, 2.05) is 13.8 Å². The lowest BCUT2D eigenvalue weighted by molar-refractivity contribution is -0.287. The van der Waals surface area contributed by atoms with Gasteiger partial charge in [-0.1, -0.05) is 0 Å². The summed E-state index contributed by atoms with van der Waals surface area (Å²) in [4.78, 5) is 0. The number of hydrogen-bond donors (Lipinski definition) is 0. The molecular weight excluding hydrogens is 199 g/mol. The van der Waals surface area contributed by atoms with Gasteiger partial charge >= 0.3 is 0 Å². The van der Waals surface area contributed by atoms with Crippen LogP contribution in [-0.2, 0) is 9.47 Å². The van der Waals surface area contributed by atoms with Crippen molar-refractivity contribution in [1.82, 2.24) is 0 Å². The second kappa shape index (κ2) is 4.14. The van der Waals surface area contributed by atoms with Crippen LogP contribution in [0.4, 0.5) is 0 Å². The van der Waals surface area contributed by atoms with Crippen LogP contribution in [0.2, 0.25) is 0 Å². The largest absolute Gasteiger partial charge is 0.344 e. The van der Waals surface area contributed by atoms with Crippen molar-refractivity contribution in [1.29, 1.82) is 0 Å². The van der Waals surface area contributed by atoms with E-state index in [9.17, 15) is 0 Å². The maximum absolute atomic E-state index is 5.73. The molecule has 72 valence electrons. The molecule has 1 fully saturated rings. The highest BCUT2D eigenvalue weighted by Crippen LogP contribution is 2.29. The van der Waals surface area contributed by atoms with Crippen LogP contribution >= 0.6 is 23.2 Å². The van der Waals surface area contributed by atoms with E-state index in [2.05, 4.69) is 0 Å². The van der Waals surface area contributed by atoms with E-state index in [-0.39, 0.29) is 24.0 Å². The highest BCUT2D eigenvalue weighted by molar-refractivity contribution is 6.21. The Morgan fingerprint density at radius 3 is 1.92 bits per heavy atom. The van der Waals surface area contributed by atoms with Crippen molar-refractivity contribution in [2.75, 3.05) is 11.8 Å². The van der Waals surface area contributed by atoms with Crippen LogP contribution in [0.3, 0.4) is 0 Å². The minimum absolute atomic E-state index is 0.172. The second-order valence-corrected chi connectivity index (χ2v) is 3.81. The Balaban J connectivity index is 2.62. The highest BCUT2D eigenvalue weighted by atomic mass is 35.5. The smallest absolute Gasteiger partial charge is 0.196 e. The molecule has 1 heterocycles. The van der Waals surface area contributed by atoms with Gasteiger partial charge < -0.3 is 9.47 Å². The first kappa shape index (κ1) is 10.6. The predicted molar refractivity (Wildman–Crippen MR) is 49.9 cm³/mol. The Morgan fingerprint density at radius 2 is 1.58 bits per heavy atom. The number of rotatable bonds is 2. The Morgan fingerprint density at radius 1 is 1.17 bits per heavy atom. The first-order valence-corrected chi connectivity index (χ1v) is 5.16. The fourth-order valence-corrected chi connectivity index (χ4v) is 2.02. The first-order chi connectivity index (χ1) is 5.62. The second-order valence-electron chi connectivity index (χ2n) is 3.27. The normalized spacial score (nSPS) is 35.0. The average molecular weight is 213 g/mol. The van der Waals surface area contributed by atoms with Crippen LogP contribution in [0, 0.1) is 0 Å². The van der Waals surface area contributed by atoms with Crippen LogP contribution in [-0.4, -0.2) is 29.8 Å². The minimum atomic E-state index is -0.764. The molecule has 0 spiro atoms. The van der Waals surface area contributed by atoms with Gasteiger partial charge in [0.15, 0.2) is 5.79 Å². The molecule has 2 nitrogen and oxygen atoms in total. The molecule has 1 aliphatic heterocycles. The van der Waals surface area contributed by atoms with Crippen molar-refractivity contribution in [2.24, 2.45) is 0 Å². The molecule has 0 aliphatic carbocycles. The molecule has 0 aromatic carbocycles. The molecule has 0 bridgehead atoms. The highest BCUT2D eigenvalue weighted by Gasteiger charge is 2.38. The molecule has 0 radical (unpaired) electrons. The first-order valence-electron chi connectivity index (χ1n) is 4.09. The molecule has 0 unspecified atom stereocenters. The van der Waals surface area contributed by atoms with Crippen molar-refractivity contribution >= 4 is 23.2 Å². The molecule has 1 rings (SSSR count). The quantitative estimate of drug-likeness (QED) is 0.655. The van der Waals surface area contributed by atoms with Crippen molar-refractivity contribution in [2.45, 2.75) is 38.3 Å². The summed E-state index contributed by atoms with van der Waals surface area (Å²) in [5.41, 5.74) is 0. The van der Waals surface area contributed by atoms with E-state index < -0.39 is 5.79 Å². The fourth-order valence-electron chi connectivity index (χ4n) is 1.49. The van der Waals surface area contributed by atoms with E-state index >= 15 is 0 Å². The molecule has 0 N–H and O–H groups in total. The molecule has 2 atom stereocenters. The molecule has 1 aliphatic rings. The zero-order valence-corrected chi connectivity index (χ0v) is 8.86. The summed E-state index contributed by atoms with van der Waals surface area (Å²) in [6, 6.07) is 0. The molecule has 1 saturated heterocycles. The molecule has 0 aromatic rings. The summed E-state index contributed by atoms with van der Waals surface area (Å²) in [7, 11) is 0. The van der Waals surface area contributed by atoms with E-state index in [1.165, 1.54) is 0 Å². The summed E-state index contributed by atoms with van der Waals surface area (Å²) in [6.45, 7) is 4.01. The number of halogens is 2. The van der Waals surface area contributed by atoms with Gasteiger partial charge in [0.05, 0.1) is 24.0 Å². The number of ether oxygens (including phenoxy) is 2.